The van der Waals surface area contributed by atoms with Crippen LogP contribution in [0.15, 0.2) is 36.7 Å². The van der Waals surface area contributed by atoms with E-state index in [0.717, 1.165) is 0 Å². The zero-order valence-corrected chi connectivity index (χ0v) is 11.9. The molecule has 1 N–H and O–H groups in total. The van der Waals surface area contributed by atoms with Gasteiger partial charge in [0.25, 0.3) is 0 Å². The molecule has 3 aromatic heterocycles. The standard InChI is InChI=1S/C16H8N4O4/c21-15(22)9-3-1-7-11-12(18-6-5-17-11)8-2-4-10(16(23)24)20-14(8)13(7)19-9/h1-6H,(H,21,22)(H,23,24)/p-1. The molecule has 1 aromatic carbocycles. The zero-order chi connectivity index (χ0) is 16.8. The molecule has 0 unspecified atom stereocenters. The molecule has 4 aromatic rings. The van der Waals surface area contributed by atoms with Gasteiger partial charge in [-0.1, -0.05) is 0 Å². The Bertz CT molecular complexity index is 1080. The number of hydrogen-bond acceptors (Lipinski definition) is 7. The second kappa shape index (κ2) is 4.92. The first-order valence-electron chi connectivity index (χ1n) is 6.85. The molecule has 24 heavy (non-hydrogen) atoms. The lowest BCUT2D eigenvalue weighted by molar-refractivity contribution is -0.255. The third kappa shape index (κ3) is 1.93. The fourth-order valence-electron chi connectivity index (χ4n) is 2.63. The van der Waals surface area contributed by atoms with Crippen LogP contribution in [0.2, 0.25) is 0 Å². The minimum absolute atomic E-state index is 0.173. The van der Waals surface area contributed by atoms with E-state index >= 15 is 0 Å². The molecular weight excluding hydrogens is 312 g/mol. The van der Waals surface area contributed by atoms with Gasteiger partial charge >= 0.3 is 5.97 Å². The van der Waals surface area contributed by atoms with Crippen LogP contribution >= 0.6 is 0 Å². The molecule has 0 bridgehead atoms. The van der Waals surface area contributed by atoms with Gasteiger partial charge in [0, 0.05) is 23.2 Å². The minimum Gasteiger partial charge on any atom is -0.543 e. The molecule has 0 aliphatic carbocycles. The molecule has 0 amide bonds. The van der Waals surface area contributed by atoms with Gasteiger partial charge in [0.1, 0.15) is 5.69 Å². The summed E-state index contributed by atoms with van der Waals surface area (Å²) in [5.41, 5.74) is 1.11. The molecule has 0 fully saturated rings. The van der Waals surface area contributed by atoms with Crippen molar-refractivity contribution in [3.8, 4) is 0 Å². The van der Waals surface area contributed by atoms with E-state index in [0.29, 0.717) is 21.8 Å². The predicted molar refractivity (Wildman–Crippen MR) is 81.4 cm³/mol. The Hall–Kier alpha value is -3.68. The highest BCUT2D eigenvalue weighted by Crippen LogP contribution is 2.30. The van der Waals surface area contributed by atoms with Gasteiger partial charge in [0.2, 0.25) is 0 Å². The molecule has 0 atom stereocenters. The number of rotatable bonds is 2. The van der Waals surface area contributed by atoms with E-state index in [2.05, 4.69) is 19.9 Å². The highest BCUT2D eigenvalue weighted by atomic mass is 16.4. The van der Waals surface area contributed by atoms with Gasteiger partial charge < -0.3 is 15.0 Å². The number of aromatic carboxylic acids is 2. The summed E-state index contributed by atoms with van der Waals surface area (Å²) in [5.74, 6) is -2.63. The molecule has 8 heteroatoms. The van der Waals surface area contributed by atoms with Crippen molar-refractivity contribution < 1.29 is 19.8 Å². The Morgan fingerprint density at radius 2 is 1.29 bits per heavy atom. The number of pyridine rings is 2. The first-order chi connectivity index (χ1) is 11.6. The van der Waals surface area contributed by atoms with Crippen molar-refractivity contribution in [3.05, 3.63) is 48.0 Å². The van der Waals surface area contributed by atoms with Crippen LogP contribution in [0.25, 0.3) is 32.8 Å². The van der Waals surface area contributed by atoms with E-state index in [1.54, 1.807) is 12.1 Å². The summed E-state index contributed by atoms with van der Waals surface area (Å²) in [5, 5.41) is 21.3. The van der Waals surface area contributed by atoms with Gasteiger partial charge in [0.15, 0.2) is 0 Å². The van der Waals surface area contributed by atoms with Gasteiger partial charge in [-0.2, -0.15) is 0 Å². The van der Waals surface area contributed by atoms with Crippen LogP contribution < -0.4 is 5.11 Å². The summed E-state index contributed by atoms with van der Waals surface area (Å²) in [4.78, 5) is 39.1. The van der Waals surface area contributed by atoms with Crippen LogP contribution in [0.4, 0.5) is 0 Å². The van der Waals surface area contributed by atoms with Crippen molar-refractivity contribution in [2.75, 3.05) is 0 Å². The maximum absolute atomic E-state index is 11.2. The quantitative estimate of drug-likeness (QED) is 0.537. The SMILES string of the molecule is O=C([O-])c1ccc2c3nccnc3c3ccc(C(=O)O)nc3c2n1. The third-order valence-electron chi connectivity index (χ3n) is 3.65. The predicted octanol–water partition coefficient (Wildman–Crippen LogP) is 0.788. The number of fused-ring (bicyclic) bond motifs is 6. The number of benzene rings is 1. The minimum atomic E-state index is -1.43. The van der Waals surface area contributed by atoms with Gasteiger partial charge in [-0.15, -0.1) is 0 Å². The number of carbonyl (C=O) groups excluding carboxylic acids is 1. The number of aromatic nitrogens is 4. The van der Waals surface area contributed by atoms with Crippen molar-refractivity contribution in [3.63, 3.8) is 0 Å². The molecule has 0 spiro atoms. The fraction of sp³-hybridized carbons (Fsp3) is 0. The second-order valence-electron chi connectivity index (χ2n) is 5.03. The Kier molecular flexibility index (Phi) is 2.86. The maximum atomic E-state index is 11.2. The van der Waals surface area contributed by atoms with Gasteiger partial charge in [-0.3, -0.25) is 9.97 Å². The first-order valence-corrected chi connectivity index (χ1v) is 6.85. The van der Waals surface area contributed by atoms with Crippen molar-refractivity contribution >= 4 is 44.8 Å². The monoisotopic (exact) mass is 319 g/mol. The Morgan fingerprint density at radius 1 is 0.792 bits per heavy atom. The van der Waals surface area contributed by atoms with Gasteiger partial charge in [-0.25, -0.2) is 14.8 Å². The van der Waals surface area contributed by atoms with E-state index in [4.69, 9.17) is 5.11 Å². The number of hydrogen-bond donors (Lipinski definition) is 1. The highest BCUT2D eigenvalue weighted by Gasteiger charge is 2.15. The molecule has 0 radical (unpaired) electrons. The van der Waals surface area contributed by atoms with Crippen molar-refractivity contribution in [2.24, 2.45) is 0 Å². The Morgan fingerprint density at radius 3 is 1.79 bits per heavy atom. The summed E-state index contributed by atoms with van der Waals surface area (Å²) in [6.45, 7) is 0. The van der Waals surface area contributed by atoms with Crippen molar-refractivity contribution in [1.82, 2.24) is 19.9 Å². The van der Waals surface area contributed by atoms with Gasteiger partial charge in [0.05, 0.1) is 33.7 Å². The summed E-state index contributed by atoms with van der Waals surface area (Å²) in [6.07, 6.45) is 3.03. The average molecular weight is 319 g/mol. The molecule has 0 saturated heterocycles. The topological polar surface area (TPSA) is 129 Å². The first kappa shape index (κ1) is 13.9. The van der Waals surface area contributed by atoms with Crippen LogP contribution in [0.5, 0.6) is 0 Å². The van der Waals surface area contributed by atoms with E-state index in [1.165, 1.54) is 24.5 Å². The van der Waals surface area contributed by atoms with E-state index in [9.17, 15) is 14.7 Å². The summed E-state index contributed by atoms with van der Waals surface area (Å²) >= 11 is 0. The Labute approximate surface area is 133 Å². The van der Waals surface area contributed by atoms with Crippen molar-refractivity contribution in [1.29, 1.82) is 0 Å². The number of carbonyl (C=O) groups is 2. The molecule has 0 aliphatic rings. The molecule has 8 nitrogen and oxygen atoms in total. The van der Waals surface area contributed by atoms with Crippen LogP contribution in [-0.4, -0.2) is 37.0 Å². The number of nitrogens with zero attached hydrogens (tertiary/aromatic N) is 4. The third-order valence-corrected chi connectivity index (χ3v) is 3.65. The summed E-state index contributed by atoms with van der Waals surface area (Å²) < 4.78 is 0. The van der Waals surface area contributed by atoms with Gasteiger partial charge in [-0.05, 0) is 24.3 Å². The van der Waals surface area contributed by atoms with Crippen LogP contribution in [0.3, 0.4) is 0 Å². The lowest BCUT2D eigenvalue weighted by Crippen LogP contribution is -2.23. The molecule has 3 heterocycles. The highest BCUT2D eigenvalue weighted by molar-refractivity contribution is 6.21. The lowest BCUT2D eigenvalue weighted by atomic mass is 10.1. The zero-order valence-electron chi connectivity index (χ0n) is 11.9. The van der Waals surface area contributed by atoms with Crippen LogP contribution in [-0.2, 0) is 0 Å². The Balaban J connectivity index is 2.28. The molecule has 4 rings (SSSR count). The molecular formula is C16H7N4O4-. The largest absolute Gasteiger partial charge is 0.543 e. The maximum Gasteiger partial charge on any atom is 0.354 e. The van der Waals surface area contributed by atoms with E-state index in [1.807, 2.05) is 0 Å². The van der Waals surface area contributed by atoms with Crippen LogP contribution in [0.1, 0.15) is 21.0 Å². The van der Waals surface area contributed by atoms with Crippen LogP contribution in [0, 0.1) is 0 Å². The molecule has 0 aliphatic heterocycles. The van der Waals surface area contributed by atoms with Crippen molar-refractivity contribution in [2.45, 2.75) is 0 Å². The number of carboxylic acids is 2. The average Bonchev–Trinajstić information content (AvgIpc) is 2.61. The smallest absolute Gasteiger partial charge is 0.354 e. The molecule has 116 valence electrons. The summed E-state index contributed by atoms with van der Waals surface area (Å²) in [6, 6.07) is 5.76. The van der Waals surface area contributed by atoms with E-state index < -0.39 is 11.9 Å². The second-order valence-corrected chi connectivity index (χ2v) is 5.03. The number of carboxylic acid groups (broad SMARTS) is 2. The molecule has 0 saturated carbocycles. The lowest BCUT2D eigenvalue weighted by Gasteiger charge is -2.09. The summed E-state index contributed by atoms with van der Waals surface area (Å²) in [7, 11) is 0. The van der Waals surface area contributed by atoms with E-state index in [-0.39, 0.29) is 22.4 Å². The normalized spacial score (nSPS) is 11.2. The fourth-order valence-corrected chi connectivity index (χ4v) is 2.63.